The highest BCUT2D eigenvalue weighted by Crippen LogP contribution is 2.20. The summed E-state index contributed by atoms with van der Waals surface area (Å²) in [5.74, 6) is 0.0785. The molecule has 0 atom stereocenters. The lowest BCUT2D eigenvalue weighted by molar-refractivity contribution is -0.122. The topological polar surface area (TPSA) is 49.4 Å². The SMILES string of the molecule is C=CCNC(=O)CN(C(C)=O)c1ccc(C(C)C)cc1. The number of carbonyl (C=O) groups excluding carboxylic acids is 2. The molecule has 0 aromatic heterocycles. The molecule has 0 unspecified atom stereocenters. The van der Waals surface area contributed by atoms with E-state index in [0.717, 1.165) is 5.69 Å². The predicted octanol–water partition coefficient (Wildman–Crippen LogP) is 2.47. The molecule has 20 heavy (non-hydrogen) atoms. The van der Waals surface area contributed by atoms with E-state index in [0.29, 0.717) is 12.5 Å². The van der Waals surface area contributed by atoms with Gasteiger partial charge in [-0.2, -0.15) is 0 Å². The highest BCUT2D eigenvalue weighted by molar-refractivity contribution is 5.97. The molecule has 0 saturated carbocycles. The van der Waals surface area contributed by atoms with E-state index in [1.807, 2.05) is 24.3 Å². The van der Waals surface area contributed by atoms with Crippen molar-refractivity contribution in [2.75, 3.05) is 18.0 Å². The van der Waals surface area contributed by atoms with Crippen LogP contribution in [0.25, 0.3) is 0 Å². The second-order valence-electron chi connectivity index (χ2n) is 4.94. The minimum Gasteiger partial charge on any atom is -0.351 e. The van der Waals surface area contributed by atoms with Crippen molar-refractivity contribution in [3.63, 3.8) is 0 Å². The van der Waals surface area contributed by atoms with Crippen molar-refractivity contribution in [3.05, 3.63) is 42.5 Å². The molecule has 2 amide bonds. The largest absolute Gasteiger partial charge is 0.351 e. The van der Waals surface area contributed by atoms with Crippen LogP contribution in [0.1, 0.15) is 32.3 Å². The standard InChI is InChI=1S/C16H22N2O2/c1-5-10-17-16(20)11-18(13(4)19)15-8-6-14(7-9-15)12(2)3/h5-9,12H,1,10-11H2,2-4H3,(H,17,20). The molecule has 1 N–H and O–H groups in total. The van der Waals surface area contributed by atoms with Crippen LogP contribution in [0.5, 0.6) is 0 Å². The summed E-state index contributed by atoms with van der Waals surface area (Å²) in [4.78, 5) is 24.9. The average Bonchev–Trinajstić information content (AvgIpc) is 2.42. The van der Waals surface area contributed by atoms with Crippen molar-refractivity contribution < 1.29 is 9.59 Å². The lowest BCUT2D eigenvalue weighted by Gasteiger charge is -2.21. The fourth-order valence-corrected chi connectivity index (χ4v) is 1.81. The second-order valence-corrected chi connectivity index (χ2v) is 4.94. The van der Waals surface area contributed by atoms with Crippen molar-refractivity contribution in [2.45, 2.75) is 26.7 Å². The molecule has 0 fully saturated rings. The van der Waals surface area contributed by atoms with Crippen LogP contribution in [0.3, 0.4) is 0 Å². The van der Waals surface area contributed by atoms with Crippen molar-refractivity contribution in [2.24, 2.45) is 0 Å². The monoisotopic (exact) mass is 274 g/mol. The molecule has 0 heterocycles. The van der Waals surface area contributed by atoms with Crippen LogP contribution >= 0.6 is 0 Å². The predicted molar refractivity (Wildman–Crippen MR) is 81.8 cm³/mol. The van der Waals surface area contributed by atoms with Gasteiger partial charge in [0.2, 0.25) is 11.8 Å². The molecule has 108 valence electrons. The number of nitrogens with one attached hydrogen (secondary N) is 1. The molecule has 0 spiro atoms. The Labute approximate surface area is 120 Å². The summed E-state index contributed by atoms with van der Waals surface area (Å²) < 4.78 is 0. The third-order valence-corrected chi connectivity index (χ3v) is 3.00. The summed E-state index contributed by atoms with van der Waals surface area (Å²) in [6, 6.07) is 7.71. The number of rotatable bonds is 6. The van der Waals surface area contributed by atoms with Crippen LogP contribution in [-0.2, 0) is 9.59 Å². The zero-order chi connectivity index (χ0) is 15.1. The number of hydrogen-bond acceptors (Lipinski definition) is 2. The van der Waals surface area contributed by atoms with E-state index in [1.165, 1.54) is 17.4 Å². The molecule has 4 nitrogen and oxygen atoms in total. The number of amides is 2. The van der Waals surface area contributed by atoms with Gasteiger partial charge in [0.05, 0.1) is 0 Å². The molecule has 0 aliphatic rings. The quantitative estimate of drug-likeness (QED) is 0.810. The van der Waals surface area contributed by atoms with E-state index in [2.05, 4.69) is 25.7 Å². The molecule has 0 bridgehead atoms. The Morgan fingerprint density at radius 1 is 1.30 bits per heavy atom. The molecule has 0 radical (unpaired) electrons. The summed E-state index contributed by atoms with van der Waals surface area (Å²) in [6.07, 6.45) is 1.60. The van der Waals surface area contributed by atoms with E-state index in [9.17, 15) is 9.59 Å². The van der Waals surface area contributed by atoms with Gasteiger partial charge < -0.3 is 10.2 Å². The minimum atomic E-state index is -0.201. The van der Waals surface area contributed by atoms with Crippen LogP contribution in [0.4, 0.5) is 5.69 Å². The van der Waals surface area contributed by atoms with Gasteiger partial charge in [-0.15, -0.1) is 6.58 Å². The number of hydrogen-bond donors (Lipinski definition) is 1. The normalized spacial score (nSPS) is 10.2. The second kappa shape index (κ2) is 7.48. The van der Waals surface area contributed by atoms with Crippen LogP contribution in [0.2, 0.25) is 0 Å². The first-order chi connectivity index (χ1) is 9.45. The third kappa shape index (κ3) is 4.53. The third-order valence-electron chi connectivity index (χ3n) is 3.00. The summed E-state index contributed by atoms with van der Waals surface area (Å²) in [6.45, 7) is 9.63. The van der Waals surface area contributed by atoms with E-state index < -0.39 is 0 Å². The van der Waals surface area contributed by atoms with Gasteiger partial charge in [0.15, 0.2) is 0 Å². The lowest BCUT2D eigenvalue weighted by Crippen LogP contribution is -2.39. The maximum atomic E-state index is 11.7. The summed E-state index contributed by atoms with van der Waals surface area (Å²) in [5, 5.41) is 2.67. The van der Waals surface area contributed by atoms with Crippen LogP contribution in [0, 0.1) is 0 Å². The lowest BCUT2D eigenvalue weighted by atomic mass is 10.0. The van der Waals surface area contributed by atoms with E-state index in [-0.39, 0.29) is 18.4 Å². The summed E-state index contributed by atoms with van der Waals surface area (Å²) in [5.41, 5.74) is 1.93. The maximum Gasteiger partial charge on any atom is 0.240 e. The van der Waals surface area contributed by atoms with Gasteiger partial charge in [0.25, 0.3) is 0 Å². The first-order valence-electron chi connectivity index (χ1n) is 6.71. The minimum absolute atomic E-state index is 0.0181. The van der Waals surface area contributed by atoms with Crippen LogP contribution in [-0.4, -0.2) is 24.9 Å². The molecule has 0 aliphatic heterocycles. The van der Waals surface area contributed by atoms with Gasteiger partial charge in [-0.25, -0.2) is 0 Å². The van der Waals surface area contributed by atoms with E-state index in [1.54, 1.807) is 6.08 Å². The number of nitrogens with zero attached hydrogens (tertiary/aromatic N) is 1. The number of anilines is 1. The van der Waals surface area contributed by atoms with Crippen LogP contribution < -0.4 is 10.2 Å². The van der Waals surface area contributed by atoms with Gasteiger partial charge in [0, 0.05) is 19.2 Å². The van der Waals surface area contributed by atoms with E-state index >= 15 is 0 Å². The van der Waals surface area contributed by atoms with Gasteiger partial charge in [-0.3, -0.25) is 9.59 Å². The Bertz CT molecular complexity index is 478. The van der Waals surface area contributed by atoms with Gasteiger partial charge >= 0.3 is 0 Å². The summed E-state index contributed by atoms with van der Waals surface area (Å²) in [7, 11) is 0. The van der Waals surface area contributed by atoms with Crippen molar-refractivity contribution in [3.8, 4) is 0 Å². The fourth-order valence-electron chi connectivity index (χ4n) is 1.81. The van der Waals surface area contributed by atoms with Crippen LogP contribution in [0.15, 0.2) is 36.9 Å². The van der Waals surface area contributed by atoms with Gasteiger partial charge in [-0.05, 0) is 23.6 Å². The van der Waals surface area contributed by atoms with Crippen molar-refractivity contribution in [1.29, 1.82) is 0 Å². The summed E-state index contributed by atoms with van der Waals surface area (Å²) >= 11 is 0. The number of carbonyl (C=O) groups is 2. The first kappa shape index (κ1) is 16.0. The fraction of sp³-hybridized carbons (Fsp3) is 0.375. The first-order valence-corrected chi connectivity index (χ1v) is 6.71. The Kier molecular flexibility index (Phi) is 5.97. The highest BCUT2D eigenvalue weighted by atomic mass is 16.2. The highest BCUT2D eigenvalue weighted by Gasteiger charge is 2.15. The molecule has 1 aromatic rings. The molecule has 1 rings (SSSR count). The average molecular weight is 274 g/mol. The Balaban J connectivity index is 2.82. The Morgan fingerprint density at radius 3 is 2.35 bits per heavy atom. The number of benzene rings is 1. The molecule has 0 saturated heterocycles. The molecule has 0 aliphatic carbocycles. The molecule has 4 heteroatoms. The molecular formula is C16H22N2O2. The Morgan fingerprint density at radius 2 is 1.90 bits per heavy atom. The van der Waals surface area contributed by atoms with Gasteiger partial charge in [-0.1, -0.05) is 32.1 Å². The van der Waals surface area contributed by atoms with E-state index in [4.69, 9.17) is 0 Å². The molecular weight excluding hydrogens is 252 g/mol. The van der Waals surface area contributed by atoms with Crippen molar-refractivity contribution >= 4 is 17.5 Å². The Hall–Kier alpha value is -2.10. The zero-order valence-electron chi connectivity index (χ0n) is 12.3. The molecule has 1 aromatic carbocycles. The van der Waals surface area contributed by atoms with Crippen molar-refractivity contribution in [1.82, 2.24) is 5.32 Å². The smallest absolute Gasteiger partial charge is 0.240 e. The maximum absolute atomic E-state index is 11.7. The van der Waals surface area contributed by atoms with Gasteiger partial charge in [0.1, 0.15) is 6.54 Å². The zero-order valence-corrected chi connectivity index (χ0v) is 12.3.